The maximum atomic E-state index is 11.3. The maximum Gasteiger partial charge on any atom is 0.173 e. The van der Waals surface area contributed by atoms with Crippen LogP contribution in [0.3, 0.4) is 0 Å². The molecule has 0 amide bonds. The van der Waals surface area contributed by atoms with E-state index >= 15 is 0 Å². The fourth-order valence-corrected chi connectivity index (χ4v) is 3.82. The van der Waals surface area contributed by atoms with Crippen LogP contribution < -0.4 is 10.1 Å². The van der Waals surface area contributed by atoms with E-state index in [1.807, 2.05) is 12.1 Å². The maximum absolute atomic E-state index is 11.3. The Labute approximate surface area is 113 Å². The monoisotopic (exact) mass is 279 g/mol. The predicted molar refractivity (Wildman–Crippen MR) is 74.0 cm³/mol. The number of hydrogen-bond donors (Lipinski definition) is 1. The highest BCUT2D eigenvalue weighted by molar-refractivity contribution is 7.94. The van der Waals surface area contributed by atoms with Gasteiger partial charge in [-0.1, -0.05) is 23.8 Å². The van der Waals surface area contributed by atoms with Gasteiger partial charge in [0.05, 0.1) is 5.75 Å². The van der Waals surface area contributed by atoms with Crippen molar-refractivity contribution in [2.45, 2.75) is 25.5 Å². The van der Waals surface area contributed by atoms with Gasteiger partial charge in [0.15, 0.2) is 9.84 Å². The first-order valence-electron chi connectivity index (χ1n) is 6.42. The Hall–Kier alpha value is -1.33. The van der Waals surface area contributed by atoms with E-state index in [0.29, 0.717) is 6.54 Å². The lowest BCUT2D eigenvalue weighted by atomic mass is 10.1. The molecule has 2 unspecified atom stereocenters. The van der Waals surface area contributed by atoms with E-state index in [1.165, 1.54) is 16.5 Å². The smallest absolute Gasteiger partial charge is 0.173 e. The van der Waals surface area contributed by atoms with E-state index in [0.717, 1.165) is 12.2 Å². The molecule has 0 bridgehead atoms. The molecule has 5 heteroatoms. The minimum atomic E-state index is -2.98. The van der Waals surface area contributed by atoms with Crippen molar-refractivity contribution in [1.29, 1.82) is 0 Å². The normalized spacial score (nSPS) is 27.2. The van der Waals surface area contributed by atoms with E-state index < -0.39 is 9.84 Å². The van der Waals surface area contributed by atoms with Crippen LogP contribution in [0.4, 0.5) is 0 Å². The first kappa shape index (κ1) is 12.7. The van der Waals surface area contributed by atoms with Gasteiger partial charge in [-0.15, -0.1) is 0 Å². The second-order valence-corrected chi connectivity index (χ2v) is 7.16. The van der Waals surface area contributed by atoms with Gasteiger partial charge in [-0.2, -0.15) is 0 Å². The van der Waals surface area contributed by atoms with Crippen LogP contribution in [-0.2, 0) is 16.3 Å². The molecular formula is C14H17NO3S. The molecule has 2 aliphatic heterocycles. The Bertz CT molecular complexity index is 622. The summed E-state index contributed by atoms with van der Waals surface area (Å²) in [6, 6.07) is 6.11. The van der Waals surface area contributed by atoms with Gasteiger partial charge < -0.3 is 10.1 Å². The molecule has 1 aromatic rings. The second kappa shape index (κ2) is 4.65. The van der Waals surface area contributed by atoms with Gasteiger partial charge in [-0.3, -0.25) is 0 Å². The van der Waals surface area contributed by atoms with E-state index in [4.69, 9.17) is 4.74 Å². The Balaban J connectivity index is 1.56. The third kappa shape index (κ3) is 2.82. The van der Waals surface area contributed by atoms with Crippen LogP contribution in [0.2, 0.25) is 0 Å². The van der Waals surface area contributed by atoms with Crippen molar-refractivity contribution in [2.75, 3.05) is 12.3 Å². The third-order valence-electron chi connectivity index (χ3n) is 3.49. The van der Waals surface area contributed by atoms with Gasteiger partial charge in [0, 0.05) is 24.4 Å². The lowest BCUT2D eigenvalue weighted by molar-refractivity contribution is 0.225. The SMILES string of the molecule is Cc1ccc2c(c1)CC(CNC1C=CS(=O)(=O)C1)O2. The molecule has 4 nitrogen and oxygen atoms in total. The molecule has 3 rings (SSSR count). The van der Waals surface area contributed by atoms with Crippen LogP contribution >= 0.6 is 0 Å². The minimum absolute atomic E-state index is 0.0842. The highest BCUT2D eigenvalue weighted by atomic mass is 32.2. The molecule has 0 fully saturated rings. The summed E-state index contributed by atoms with van der Waals surface area (Å²) >= 11 is 0. The molecule has 0 saturated carbocycles. The number of sulfone groups is 1. The first-order valence-corrected chi connectivity index (χ1v) is 8.14. The van der Waals surface area contributed by atoms with Crippen LogP contribution in [0.1, 0.15) is 11.1 Å². The number of rotatable bonds is 3. The van der Waals surface area contributed by atoms with Gasteiger partial charge in [0.25, 0.3) is 0 Å². The van der Waals surface area contributed by atoms with Gasteiger partial charge in [0.1, 0.15) is 11.9 Å². The number of ether oxygens (including phenoxy) is 1. The molecule has 0 radical (unpaired) electrons. The summed E-state index contributed by atoms with van der Waals surface area (Å²) in [6.45, 7) is 2.73. The number of nitrogens with one attached hydrogen (secondary N) is 1. The van der Waals surface area contributed by atoms with Crippen molar-refractivity contribution in [1.82, 2.24) is 5.32 Å². The fraction of sp³-hybridized carbons (Fsp3) is 0.429. The van der Waals surface area contributed by atoms with E-state index in [9.17, 15) is 8.42 Å². The van der Waals surface area contributed by atoms with E-state index in [-0.39, 0.29) is 17.9 Å². The summed E-state index contributed by atoms with van der Waals surface area (Å²) in [5, 5.41) is 4.53. The highest BCUT2D eigenvalue weighted by Gasteiger charge is 2.26. The molecule has 0 saturated heterocycles. The predicted octanol–water partition coefficient (Wildman–Crippen LogP) is 1.20. The lowest BCUT2D eigenvalue weighted by Crippen LogP contribution is -2.37. The van der Waals surface area contributed by atoms with Crippen LogP contribution in [-0.4, -0.2) is 32.9 Å². The van der Waals surface area contributed by atoms with Crippen molar-refractivity contribution in [3.05, 3.63) is 40.8 Å². The summed E-state index contributed by atoms with van der Waals surface area (Å²) in [4.78, 5) is 0. The lowest BCUT2D eigenvalue weighted by Gasteiger charge is -2.14. The number of aryl methyl sites for hydroxylation is 1. The highest BCUT2D eigenvalue weighted by Crippen LogP contribution is 2.29. The average Bonchev–Trinajstić information content (AvgIpc) is 2.89. The molecule has 1 aromatic carbocycles. The fourth-order valence-electron chi connectivity index (χ4n) is 2.55. The summed E-state index contributed by atoms with van der Waals surface area (Å²) < 4.78 is 28.4. The molecule has 2 atom stereocenters. The zero-order valence-electron chi connectivity index (χ0n) is 10.8. The van der Waals surface area contributed by atoms with E-state index in [1.54, 1.807) is 6.08 Å². The zero-order chi connectivity index (χ0) is 13.5. The second-order valence-electron chi connectivity index (χ2n) is 5.23. The number of benzene rings is 1. The summed E-state index contributed by atoms with van der Waals surface area (Å²) in [5.74, 6) is 1.11. The molecule has 19 heavy (non-hydrogen) atoms. The third-order valence-corrected chi connectivity index (χ3v) is 4.89. The molecule has 2 aliphatic rings. The van der Waals surface area contributed by atoms with Gasteiger partial charge in [0.2, 0.25) is 0 Å². The summed E-state index contributed by atoms with van der Waals surface area (Å²) in [7, 11) is -2.98. The summed E-state index contributed by atoms with van der Waals surface area (Å²) in [6.07, 6.45) is 2.68. The van der Waals surface area contributed by atoms with Crippen LogP contribution in [0, 0.1) is 6.92 Å². The molecule has 0 aliphatic carbocycles. The molecule has 0 spiro atoms. The molecule has 102 valence electrons. The minimum Gasteiger partial charge on any atom is -0.488 e. The van der Waals surface area contributed by atoms with Gasteiger partial charge in [-0.25, -0.2) is 8.42 Å². The van der Waals surface area contributed by atoms with Crippen molar-refractivity contribution in [2.24, 2.45) is 0 Å². The number of hydrogen-bond acceptors (Lipinski definition) is 4. The Kier molecular flexibility index (Phi) is 3.11. The summed E-state index contributed by atoms with van der Waals surface area (Å²) in [5.41, 5.74) is 2.47. The van der Waals surface area contributed by atoms with Crippen LogP contribution in [0.15, 0.2) is 29.7 Å². The van der Waals surface area contributed by atoms with Crippen molar-refractivity contribution < 1.29 is 13.2 Å². The van der Waals surface area contributed by atoms with Crippen molar-refractivity contribution in [3.8, 4) is 5.75 Å². The van der Waals surface area contributed by atoms with Crippen LogP contribution in [0.25, 0.3) is 0 Å². The zero-order valence-corrected chi connectivity index (χ0v) is 11.6. The molecular weight excluding hydrogens is 262 g/mol. The molecule has 0 aromatic heterocycles. The largest absolute Gasteiger partial charge is 0.488 e. The van der Waals surface area contributed by atoms with Gasteiger partial charge >= 0.3 is 0 Å². The number of fused-ring (bicyclic) bond motifs is 1. The van der Waals surface area contributed by atoms with Crippen LogP contribution in [0.5, 0.6) is 5.75 Å². The Morgan fingerprint density at radius 3 is 3.00 bits per heavy atom. The quantitative estimate of drug-likeness (QED) is 0.903. The topological polar surface area (TPSA) is 55.4 Å². The van der Waals surface area contributed by atoms with Gasteiger partial charge in [-0.05, 0) is 18.6 Å². The molecule has 2 heterocycles. The molecule has 1 N–H and O–H groups in total. The average molecular weight is 279 g/mol. The standard InChI is InChI=1S/C14H17NO3S/c1-10-2-3-14-11(6-10)7-13(18-14)8-15-12-4-5-19(16,17)9-12/h2-6,12-13,15H,7-9H2,1H3. The first-order chi connectivity index (χ1) is 9.02. The van der Waals surface area contributed by atoms with Crippen molar-refractivity contribution in [3.63, 3.8) is 0 Å². The Morgan fingerprint density at radius 1 is 1.42 bits per heavy atom. The van der Waals surface area contributed by atoms with E-state index in [2.05, 4.69) is 18.3 Å². The van der Waals surface area contributed by atoms with Crippen molar-refractivity contribution >= 4 is 9.84 Å². The Morgan fingerprint density at radius 2 is 2.26 bits per heavy atom.